The quantitative estimate of drug-likeness (QED) is 0.343. The first kappa shape index (κ1) is 19.4. The predicted molar refractivity (Wildman–Crippen MR) is 119 cm³/mol. The molecule has 6 nitrogen and oxygen atoms in total. The molecular formula is C21H19N5OS2. The summed E-state index contributed by atoms with van der Waals surface area (Å²) >= 11 is 2.81. The third-order valence-corrected chi connectivity index (χ3v) is 6.21. The summed E-state index contributed by atoms with van der Waals surface area (Å²) in [6.45, 7) is 6.44. The molecule has 146 valence electrons. The Kier molecular flexibility index (Phi) is 5.73. The Morgan fingerprint density at radius 2 is 2.00 bits per heavy atom. The number of thioether (sulfide) groups is 1. The Morgan fingerprint density at radius 1 is 1.21 bits per heavy atom. The highest BCUT2D eigenvalue weighted by Crippen LogP contribution is 2.28. The molecule has 0 bridgehead atoms. The first-order valence-corrected chi connectivity index (χ1v) is 10.8. The van der Waals surface area contributed by atoms with Crippen molar-refractivity contribution in [2.75, 3.05) is 11.1 Å². The number of hydrogen-bond acceptors (Lipinski definition) is 6. The molecule has 29 heavy (non-hydrogen) atoms. The third-order valence-electron chi connectivity index (χ3n) is 4.29. The standard InChI is InChI=1S/C21H19N5OS2/c1-3-12-26-19(15-9-5-4-8-14(15)2)24-25-21(26)28-13-18(27)23-20-22-16-10-6-7-11-17(16)29-20/h3-11H,1,12-13H2,2H3,(H,22,23,27). The molecule has 8 heteroatoms. The monoisotopic (exact) mass is 421 g/mol. The van der Waals surface area contributed by atoms with Gasteiger partial charge >= 0.3 is 0 Å². The summed E-state index contributed by atoms with van der Waals surface area (Å²) in [5.41, 5.74) is 3.03. The van der Waals surface area contributed by atoms with Crippen molar-refractivity contribution in [1.82, 2.24) is 19.7 Å². The molecule has 4 aromatic rings. The Balaban J connectivity index is 1.48. The molecule has 0 unspecified atom stereocenters. The Hall–Kier alpha value is -2.97. The molecule has 0 aliphatic heterocycles. The first-order valence-electron chi connectivity index (χ1n) is 9.04. The summed E-state index contributed by atoms with van der Waals surface area (Å²) in [5.74, 6) is 0.871. The fourth-order valence-corrected chi connectivity index (χ4v) is 4.55. The largest absolute Gasteiger partial charge is 0.301 e. The number of aromatic nitrogens is 4. The summed E-state index contributed by atoms with van der Waals surface area (Å²) in [6.07, 6.45) is 1.80. The van der Waals surface area contributed by atoms with E-state index < -0.39 is 0 Å². The molecule has 0 saturated heterocycles. The number of amides is 1. The molecule has 2 aromatic heterocycles. The SMILES string of the molecule is C=CCn1c(SCC(=O)Nc2nc3ccccc3s2)nnc1-c1ccccc1C. The molecule has 0 radical (unpaired) electrons. The second kappa shape index (κ2) is 8.59. The minimum absolute atomic E-state index is 0.125. The first-order chi connectivity index (χ1) is 14.2. The van der Waals surface area contributed by atoms with Gasteiger partial charge in [-0.1, -0.05) is 65.6 Å². The van der Waals surface area contributed by atoms with Gasteiger partial charge in [0.2, 0.25) is 5.91 Å². The van der Waals surface area contributed by atoms with Gasteiger partial charge in [-0.2, -0.15) is 0 Å². The average molecular weight is 422 g/mol. The van der Waals surface area contributed by atoms with Gasteiger partial charge in [0, 0.05) is 12.1 Å². The molecule has 1 amide bonds. The van der Waals surface area contributed by atoms with E-state index in [2.05, 4.69) is 27.1 Å². The number of thiazole rings is 1. The number of hydrogen-bond donors (Lipinski definition) is 1. The number of fused-ring (bicyclic) bond motifs is 1. The Labute approximate surface area is 176 Å². The zero-order valence-corrected chi connectivity index (χ0v) is 17.5. The van der Waals surface area contributed by atoms with E-state index in [1.54, 1.807) is 6.08 Å². The summed E-state index contributed by atoms with van der Waals surface area (Å²) in [6, 6.07) is 15.8. The van der Waals surface area contributed by atoms with E-state index >= 15 is 0 Å². The molecule has 4 rings (SSSR count). The van der Waals surface area contributed by atoms with Crippen LogP contribution in [0.2, 0.25) is 0 Å². The number of rotatable bonds is 7. The lowest BCUT2D eigenvalue weighted by molar-refractivity contribution is -0.113. The summed E-state index contributed by atoms with van der Waals surface area (Å²) in [5, 5.41) is 12.8. The normalized spacial score (nSPS) is 10.9. The van der Waals surface area contributed by atoms with Gasteiger partial charge in [-0.3, -0.25) is 9.36 Å². The number of carbonyl (C=O) groups excluding carboxylic acids is 1. The predicted octanol–water partition coefficient (Wildman–Crippen LogP) is 4.78. The van der Waals surface area contributed by atoms with Gasteiger partial charge in [0.05, 0.1) is 16.0 Å². The molecule has 0 aliphatic carbocycles. The van der Waals surface area contributed by atoms with Crippen LogP contribution in [0.15, 0.2) is 66.3 Å². The van der Waals surface area contributed by atoms with Crippen molar-refractivity contribution >= 4 is 44.4 Å². The molecule has 0 aliphatic rings. The highest BCUT2D eigenvalue weighted by molar-refractivity contribution is 7.99. The summed E-state index contributed by atoms with van der Waals surface area (Å²) < 4.78 is 3.02. The highest BCUT2D eigenvalue weighted by Gasteiger charge is 2.16. The maximum atomic E-state index is 12.4. The maximum absolute atomic E-state index is 12.4. The van der Waals surface area contributed by atoms with Crippen molar-refractivity contribution < 1.29 is 4.79 Å². The molecule has 0 saturated carbocycles. The number of para-hydroxylation sites is 1. The van der Waals surface area contributed by atoms with Gasteiger partial charge in [0.15, 0.2) is 16.1 Å². The van der Waals surface area contributed by atoms with Gasteiger partial charge in [0.1, 0.15) is 0 Å². The van der Waals surface area contributed by atoms with Gasteiger partial charge in [0.25, 0.3) is 0 Å². The van der Waals surface area contributed by atoms with Crippen LogP contribution < -0.4 is 5.32 Å². The second-order valence-corrected chi connectivity index (χ2v) is 8.32. The zero-order chi connectivity index (χ0) is 20.2. The van der Waals surface area contributed by atoms with Crippen LogP contribution in [0, 0.1) is 6.92 Å². The summed E-state index contributed by atoms with van der Waals surface area (Å²) in [7, 11) is 0. The number of benzene rings is 2. The molecule has 2 heterocycles. The molecule has 0 fully saturated rings. The maximum Gasteiger partial charge on any atom is 0.236 e. The van der Waals surface area contributed by atoms with E-state index in [1.807, 2.05) is 60.0 Å². The fourth-order valence-electron chi connectivity index (χ4n) is 2.92. The number of anilines is 1. The minimum atomic E-state index is -0.125. The highest BCUT2D eigenvalue weighted by atomic mass is 32.2. The van der Waals surface area contributed by atoms with E-state index in [-0.39, 0.29) is 11.7 Å². The van der Waals surface area contributed by atoms with Crippen LogP contribution in [0.4, 0.5) is 5.13 Å². The van der Waals surface area contributed by atoms with Crippen molar-refractivity contribution in [3.05, 3.63) is 66.7 Å². The van der Waals surface area contributed by atoms with E-state index in [0.29, 0.717) is 16.8 Å². The van der Waals surface area contributed by atoms with Crippen LogP contribution in [0.1, 0.15) is 5.56 Å². The van der Waals surface area contributed by atoms with Crippen molar-refractivity contribution in [1.29, 1.82) is 0 Å². The summed E-state index contributed by atoms with van der Waals surface area (Å²) in [4.78, 5) is 16.9. The van der Waals surface area contributed by atoms with Crippen LogP contribution in [-0.4, -0.2) is 31.4 Å². The fraction of sp³-hybridized carbons (Fsp3) is 0.143. The topological polar surface area (TPSA) is 72.7 Å². The number of allylic oxidation sites excluding steroid dienone is 1. The minimum Gasteiger partial charge on any atom is -0.301 e. The lowest BCUT2D eigenvalue weighted by Gasteiger charge is -2.09. The molecule has 1 N–H and O–H groups in total. The molecule has 2 aromatic carbocycles. The second-order valence-electron chi connectivity index (χ2n) is 6.34. The van der Waals surface area contributed by atoms with E-state index in [4.69, 9.17) is 0 Å². The van der Waals surface area contributed by atoms with Gasteiger partial charge in [-0.15, -0.1) is 16.8 Å². The van der Waals surface area contributed by atoms with E-state index in [1.165, 1.54) is 23.1 Å². The number of nitrogens with one attached hydrogen (secondary N) is 1. The molecule has 0 spiro atoms. The van der Waals surface area contributed by atoms with Crippen LogP contribution in [-0.2, 0) is 11.3 Å². The molecule has 0 atom stereocenters. The van der Waals surface area contributed by atoms with Crippen molar-refractivity contribution in [2.45, 2.75) is 18.6 Å². The smallest absolute Gasteiger partial charge is 0.236 e. The number of nitrogens with zero attached hydrogens (tertiary/aromatic N) is 4. The molecular weight excluding hydrogens is 402 g/mol. The van der Waals surface area contributed by atoms with Gasteiger partial charge in [-0.05, 0) is 24.6 Å². The van der Waals surface area contributed by atoms with E-state index in [9.17, 15) is 4.79 Å². The third kappa shape index (κ3) is 4.23. The van der Waals surface area contributed by atoms with E-state index in [0.717, 1.165) is 27.2 Å². The van der Waals surface area contributed by atoms with Crippen molar-refractivity contribution in [3.63, 3.8) is 0 Å². The lowest BCUT2D eigenvalue weighted by Crippen LogP contribution is -2.14. The lowest BCUT2D eigenvalue weighted by atomic mass is 10.1. The number of carbonyl (C=O) groups is 1. The van der Waals surface area contributed by atoms with Crippen LogP contribution in [0.5, 0.6) is 0 Å². The van der Waals surface area contributed by atoms with Gasteiger partial charge < -0.3 is 5.32 Å². The van der Waals surface area contributed by atoms with Crippen LogP contribution >= 0.6 is 23.1 Å². The van der Waals surface area contributed by atoms with Crippen molar-refractivity contribution in [2.24, 2.45) is 0 Å². The zero-order valence-electron chi connectivity index (χ0n) is 15.8. The Bertz CT molecular complexity index is 1150. The van der Waals surface area contributed by atoms with Crippen LogP contribution in [0.3, 0.4) is 0 Å². The Morgan fingerprint density at radius 3 is 2.79 bits per heavy atom. The van der Waals surface area contributed by atoms with Crippen molar-refractivity contribution in [3.8, 4) is 11.4 Å². The van der Waals surface area contributed by atoms with Crippen LogP contribution in [0.25, 0.3) is 21.6 Å². The van der Waals surface area contributed by atoms with Gasteiger partial charge in [-0.25, -0.2) is 4.98 Å². The average Bonchev–Trinajstić information content (AvgIpc) is 3.30. The number of aryl methyl sites for hydroxylation is 1.